The highest BCUT2D eigenvalue weighted by atomic mass is 32.1. The van der Waals surface area contributed by atoms with Crippen molar-refractivity contribution in [1.29, 1.82) is 0 Å². The summed E-state index contributed by atoms with van der Waals surface area (Å²) >= 11 is 5.36. The van der Waals surface area contributed by atoms with E-state index in [1.807, 2.05) is 30.3 Å². The molecule has 0 aliphatic heterocycles. The van der Waals surface area contributed by atoms with Gasteiger partial charge in [-0.05, 0) is 42.4 Å². The molecule has 3 rings (SSSR count). The Labute approximate surface area is 172 Å². The maximum absolute atomic E-state index is 12.9. The highest BCUT2D eigenvalue weighted by molar-refractivity contribution is 7.71. The molecule has 8 heteroatoms. The zero-order valence-electron chi connectivity index (χ0n) is 16.2. The molecular formula is C21H22N4O3S. The van der Waals surface area contributed by atoms with Crippen LogP contribution in [0.25, 0.3) is 10.9 Å². The molecule has 2 amide bonds. The highest BCUT2D eigenvalue weighted by Crippen LogP contribution is 2.11. The summed E-state index contributed by atoms with van der Waals surface area (Å²) in [6.45, 7) is 3.90. The van der Waals surface area contributed by atoms with Crippen molar-refractivity contribution in [1.82, 2.24) is 20.4 Å². The topological polar surface area (TPSA) is 96.0 Å². The number of aromatic nitrogens is 2. The van der Waals surface area contributed by atoms with E-state index < -0.39 is 5.91 Å². The molecule has 3 aromatic rings. The van der Waals surface area contributed by atoms with Crippen LogP contribution in [0.2, 0.25) is 0 Å². The Morgan fingerprint density at radius 1 is 1.10 bits per heavy atom. The van der Waals surface area contributed by atoms with Crippen LogP contribution in [0.3, 0.4) is 0 Å². The maximum atomic E-state index is 12.9. The molecule has 7 nitrogen and oxygen atoms in total. The number of hydrogen-bond donors (Lipinski definition) is 3. The summed E-state index contributed by atoms with van der Waals surface area (Å²) in [5.74, 6) is -1.02. The molecule has 29 heavy (non-hydrogen) atoms. The van der Waals surface area contributed by atoms with Gasteiger partial charge in [-0.25, -0.2) is 0 Å². The van der Waals surface area contributed by atoms with E-state index in [-0.39, 0.29) is 17.4 Å². The first-order valence-corrected chi connectivity index (χ1v) is 9.68. The Morgan fingerprint density at radius 2 is 1.83 bits per heavy atom. The summed E-state index contributed by atoms with van der Waals surface area (Å²) in [5, 5.41) is 0.439. The van der Waals surface area contributed by atoms with Crippen LogP contribution in [-0.2, 0) is 17.8 Å². The average Bonchev–Trinajstić information content (AvgIpc) is 2.71. The van der Waals surface area contributed by atoms with Crippen molar-refractivity contribution < 1.29 is 9.59 Å². The van der Waals surface area contributed by atoms with E-state index in [4.69, 9.17) is 12.2 Å². The molecule has 2 aromatic carbocycles. The number of nitrogens with one attached hydrogen (secondary N) is 3. The fourth-order valence-electron chi connectivity index (χ4n) is 2.82. The molecule has 0 radical (unpaired) electrons. The predicted molar refractivity (Wildman–Crippen MR) is 114 cm³/mol. The Bertz CT molecular complexity index is 1170. The van der Waals surface area contributed by atoms with Gasteiger partial charge in [-0.3, -0.25) is 29.8 Å². The Hall–Kier alpha value is -3.26. The second-order valence-electron chi connectivity index (χ2n) is 6.98. The zero-order valence-corrected chi connectivity index (χ0v) is 17.0. The highest BCUT2D eigenvalue weighted by Gasteiger charge is 2.12. The molecule has 1 aromatic heterocycles. The summed E-state index contributed by atoms with van der Waals surface area (Å²) in [6, 6.07) is 14.5. The van der Waals surface area contributed by atoms with E-state index in [9.17, 15) is 14.4 Å². The van der Waals surface area contributed by atoms with Crippen molar-refractivity contribution in [2.45, 2.75) is 26.8 Å². The largest absolute Gasteiger partial charge is 0.332 e. The Morgan fingerprint density at radius 3 is 2.52 bits per heavy atom. The van der Waals surface area contributed by atoms with Crippen molar-refractivity contribution in [3.05, 3.63) is 74.8 Å². The average molecular weight is 410 g/mol. The first kappa shape index (κ1) is 20.5. The van der Waals surface area contributed by atoms with Gasteiger partial charge in [0.05, 0.1) is 10.9 Å². The number of fused-ring (bicyclic) bond motifs is 1. The molecule has 0 saturated carbocycles. The van der Waals surface area contributed by atoms with Crippen molar-refractivity contribution in [2.75, 3.05) is 0 Å². The van der Waals surface area contributed by atoms with Crippen LogP contribution in [0.4, 0.5) is 0 Å². The normalized spacial score (nSPS) is 10.9. The number of aromatic amines is 1. The standard InChI is InChI=1S/C21H22N4O3S/c1-13(2)18(26)23-24-19(27)15-8-9-16-17(12-15)22-21(29)25(20(16)28)11-10-14-6-4-3-5-7-14/h3-9,12-13H,10-11H2,1-2H3,(H,22,29)(H,23,26)(H,24,27). The molecule has 0 aliphatic rings. The number of nitrogens with zero attached hydrogens (tertiary/aromatic N) is 1. The van der Waals surface area contributed by atoms with Gasteiger partial charge in [0.1, 0.15) is 0 Å². The van der Waals surface area contributed by atoms with Gasteiger partial charge < -0.3 is 4.98 Å². The first-order valence-electron chi connectivity index (χ1n) is 9.28. The molecule has 0 spiro atoms. The molecular weight excluding hydrogens is 388 g/mol. The number of carbonyl (C=O) groups excluding carboxylic acids is 2. The van der Waals surface area contributed by atoms with Crippen molar-refractivity contribution in [3.63, 3.8) is 0 Å². The summed E-state index contributed by atoms with van der Waals surface area (Å²) in [5.41, 5.74) is 6.40. The van der Waals surface area contributed by atoms with Crippen LogP contribution in [0.5, 0.6) is 0 Å². The lowest BCUT2D eigenvalue weighted by molar-refractivity contribution is -0.124. The fourth-order valence-corrected chi connectivity index (χ4v) is 3.10. The molecule has 1 heterocycles. The van der Waals surface area contributed by atoms with Gasteiger partial charge >= 0.3 is 0 Å². The molecule has 0 unspecified atom stereocenters. The first-order chi connectivity index (χ1) is 13.9. The Kier molecular flexibility index (Phi) is 6.23. The van der Waals surface area contributed by atoms with E-state index in [2.05, 4.69) is 15.8 Å². The molecule has 0 fully saturated rings. The van der Waals surface area contributed by atoms with Gasteiger partial charge in [-0.1, -0.05) is 44.2 Å². The van der Waals surface area contributed by atoms with Crippen molar-refractivity contribution in [3.8, 4) is 0 Å². The summed E-state index contributed by atoms with van der Waals surface area (Å²) < 4.78 is 1.82. The number of rotatable bonds is 5. The van der Waals surface area contributed by atoms with E-state index in [0.717, 1.165) is 5.56 Å². The molecule has 3 N–H and O–H groups in total. The van der Waals surface area contributed by atoms with E-state index >= 15 is 0 Å². The van der Waals surface area contributed by atoms with Gasteiger partial charge in [-0.15, -0.1) is 0 Å². The van der Waals surface area contributed by atoms with Crippen LogP contribution in [0.1, 0.15) is 29.8 Å². The van der Waals surface area contributed by atoms with Gasteiger partial charge in [0.25, 0.3) is 11.5 Å². The quantitative estimate of drug-likeness (QED) is 0.445. The van der Waals surface area contributed by atoms with Gasteiger partial charge in [0.15, 0.2) is 4.77 Å². The summed E-state index contributed by atoms with van der Waals surface area (Å²) in [6.07, 6.45) is 0.680. The zero-order chi connectivity index (χ0) is 21.0. The minimum Gasteiger partial charge on any atom is -0.332 e. The second kappa shape index (κ2) is 8.83. The summed E-state index contributed by atoms with van der Waals surface area (Å²) in [4.78, 5) is 39.7. The Balaban J connectivity index is 1.83. The molecule has 0 atom stereocenters. The number of hydrazine groups is 1. The number of amides is 2. The van der Waals surface area contributed by atoms with Crippen LogP contribution in [0, 0.1) is 10.7 Å². The van der Waals surface area contributed by atoms with Gasteiger partial charge in [-0.2, -0.15) is 0 Å². The van der Waals surface area contributed by atoms with Crippen LogP contribution < -0.4 is 16.4 Å². The lowest BCUT2D eigenvalue weighted by Crippen LogP contribution is -2.43. The number of carbonyl (C=O) groups is 2. The smallest absolute Gasteiger partial charge is 0.269 e. The van der Waals surface area contributed by atoms with E-state index in [0.29, 0.717) is 34.2 Å². The lowest BCUT2D eigenvalue weighted by Gasteiger charge is -2.11. The number of aryl methyl sites for hydroxylation is 1. The van der Waals surface area contributed by atoms with Gasteiger partial charge in [0, 0.05) is 18.0 Å². The predicted octanol–water partition coefficient (Wildman–Crippen LogP) is 2.72. The van der Waals surface area contributed by atoms with Crippen LogP contribution >= 0.6 is 12.2 Å². The van der Waals surface area contributed by atoms with Crippen LogP contribution in [0.15, 0.2) is 53.3 Å². The van der Waals surface area contributed by atoms with Crippen molar-refractivity contribution in [2.24, 2.45) is 5.92 Å². The van der Waals surface area contributed by atoms with E-state index in [1.54, 1.807) is 32.0 Å². The number of benzene rings is 2. The SMILES string of the molecule is CC(C)C(=O)NNC(=O)c1ccc2c(=O)n(CCc3ccccc3)c(=S)[nH]c2c1. The lowest BCUT2D eigenvalue weighted by atomic mass is 10.1. The molecule has 0 aliphatic carbocycles. The second-order valence-corrected chi connectivity index (χ2v) is 7.37. The van der Waals surface area contributed by atoms with Gasteiger partial charge in [0.2, 0.25) is 5.91 Å². The molecule has 0 bridgehead atoms. The fraction of sp³-hybridized carbons (Fsp3) is 0.238. The van der Waals surface area contributed by atoms with Crippen molar-refractivity contribution >= 4 is 34.9 Å². The third-order valence-corrected chi connectivity index (χ3v) is 4.86. The number of H-pyrrole nitrogens is 1. The maximum Gasteiger partial charge on any atom is 0.269 e. The monoisotopic (exact) mass is 410 g/mol. The third-order valence-electron chi connectivity index (χ3n) is 4.53. The third kappa shape index (κ3) is 4.78. The minimum atomic E-state index is -0.478. The number of hydrogen-bond acceptors (Lipinski definition) is 4. The molecule has 0 saturated heterocycles. The van der Waals surface area contributed by atoms with Crippen LogP contribution in [-0.4, -0.2) is 21.4 Å². The van der Waals surface area contributed by atoms with E-state index in [1.165, 1.54) is 4.57 Å². The minimum absolute atomic E-state index is 0.209. The summed E-state index contributed by atoms with van der Waals surface area (Å²) in [7, 11) is 0. The molecule has 150 valence electrons.